The van der Waals surface area contributed by atoms with Gasteiger partial charge in [0.1, 0.15) is 5.82 Å². The molecule has 4 heteroatoms. The normalized spacial score (nSPS) is 18.9. The van der Waals surface area contributed by atoms with Crippen LogP contribution in [-0.2, 0) is 11.3 Å². The molecule has 1 saturated heterocycles. The predicted octanol–water partition coefficient (Wildman–Crippen LogP) is 4.61. The van der Waals surface area contributed by atoms with Crippen LogP contribution in [0, 0.1) is 18.7 Å². The molecule has 3 rings (SSSR count). The third-order valence-corrected chi connectivity index (χ3v) is 5.40. The summed E-state index contributed by atoms with van der Waals surface area (Å²) in [5, 5.41) is 3.25. The molecule has 0 spiro atoms. The number of halogens is 1. The van der Waals surface area contributed by atoms with Gasteiger partial charge < -0.3 is 5.32 Å². The van der Waals surface area contributed by atoms with E-state index in [2.05, 4.69) is 48.3 Å². The van der Waals surface area contributed by atoms with Gasteiger partial charge in [0, 0.05) is 13.1 Å². The van der Waals surface area contributed by atoms with Gasteiger partial charge in [0.15, 0.2) is 0 Å². The van der Waals surface area contributed by atoms with E-state index < -0.39 is 0 Å². The highest BCUT2D eigenvalue weighted by molar-refractivity contribution is 5.79. The smallest absolute Gasteiger partial charge is 0.224 e. The number of hydrogen-bond donors (Lipinski definition) is 1. The van der Waals surface area contributed by atoms with Gasteiger partial charge in [0.2, 0.25) is 5.91 Å². The lowest BCUT2D eigenvalue weighted by atomic mass is 9.95. The van der Waals surface area contributed by atoms with E-state index in [1.807, 2.05) is 12.1 Å². The number of piperidine rings is 1. The maximum atomic E-state index is 13.1. The first-order valence-electron chi connectivity index (χ1n) is 9.89. The third-order valence-electron chi connectivity index (χ3n) is 5.40. The van der Waals surface area contributed by atoms with Crippen LogP contribution in [0.4, 0.5) is 4.39 Å². The van der Waals surface area contributed by atoms with Crippen LogP contribution in [-0.4, -0.2) is 23.9 Å². The summed E-state index contributed by atoms with van der Waals surface area (Å²) < 4.78 is 13.1. The molecular weight excluding hydrogens is 339 g/mol. The van der Waals surface area contributed by atoms with E-state index in [4.69, 9.17) is 0 Å². The molecule has 3 nitrogen and oxygen atoms in total. The molecule has 2 unspecified atom stereocenters. The van der Waals surface area contributed by atoms with Crippen LogP contribution in [0.2, 0.25) is 0 Å². The van der Waals surface area contributed by atoms with Crippen LogP contribution in [0.25, 0.3) is 0 Å². The van der Waals surface area contributed by atoms with Crippen LogP contribution in [0.3, 0.4) is 0 Å². The zero-order valence-electron chi connectivity index (χ0n) is 16.2. The van der Waals surface area contributed by atoms with Crippen LogP contribution < -0.4 is 5.32 Å². The largest absolute Gasteiger partial charge is 0.349 e. The summed E-state index contributed by atoms with van der Waals surface area (Å²) >= 11 is 0. The summed E-state index contributed by atoms with van der Waals surface area (Å²) in [6, 6.07) is 15.1. The van der Waals surface area contributed by atoms with Gasteiger partial charge in [-0.3, -0.25) is 9.69 Å². The van der Waals surface area contributed by atoms with Crippen LogP contribution in [0.15, 0.2) is 48.5 Å². The number of aryl methyl sites for hydroxylation is 1. The monoisotopic (exact) mass is 368 g/mol. The van der Waals surface area contributed by atoms with Gasteiger partial charge in [0.25, 0.3) is 0 Å². The van der Waals surface area contributed by atoms with Crippen molar-refractivity contribution in [1.82, 2.24) is 10.2 Å². The number of benzene rings is 2. The molecule has 27 heavy (non-hydrogen) atoms. The highest BCUT2D eigenvalue weighted by Crippen LogP contribution is 2.22. The Labute approximate surface area is 161 Å². The fourth-order valence-corrected chi connectivity index (χ4v) is 3.77. The first-order chi connectivity index (χ1) is 13.0. The molecular formula is C23H29FN2O. The summed E-state index contributed by atoms with van der Waals surface area (Å²) in [6.45, 7) is 6.68. The minimum absolute atomic E-state index is 0.0127. The summed E-state index contributed by atoms with van der Waals surface area (Å²) in [7, 11) is 0. The van der Waals surface area contributed by atoms with Gasteiger partial charge in [-0.25, -0.2) is 4.39 Å². The second-order valence-corrected chi connectivity index (χ2v) is 7.58. The first kappa shape index (κ1) is 19.6. The van der Waals surface area contributed by atoms with E-state index in [1.54, 1.807) is 0 Å². The molecule has 0 saturated carbocycles. The van der Waals surface area contributed by atoms with Crippen LogP contribution in [0.5, 0.6) is 0 Å². The fraction of sp³-hybridized carbons (Fsp3) is 0.435. The molecule has 1 amide bonds. The second kappa shape index (κ2) is 9.14. The Balaban J connectivity index is 1.58. The van der Waals surface area contributed by atoms with E-state index in [0.29, 0.717) is 0 Å². The molecule has 0 aliphatic carbocycles. The highest BCUT2D eigenvalue weighted by Gasteiger charge is 2.27. The van der Waals surface area contributed by atoms with Gasteiger partial charge in [-0.1, -0.05) is 48.9 Å². The van der Waals surface area contributed by atoms with E-state index in [0.717, 1.165) is 50.0 Å². The van der Waals surface area contributed by atoms with Crippen molar-refractivity contribution < 1.29 is 9.18 Å². The molecule has 1 N–H and O–H groups in total. The first-order valence-corrected chi connectivity index (χ1v) is 9.89. The molecule has 1 fully saturated rings. The van der Waals surface area contributed by atoms with Gasteiger partial charge in [-0.15, -0.1) is 0 Å². The summed E-state index contributed by atoms with van der Waals surface area (Å²) in [6.07, 6.45) is 2.82. The van der Waals surface area contributed by atoms with Crippen molar-refractivity contribution >= 4 is 5.91 Å². The number of nitrogens with zero attached hydrogens (tertiary/aromatic N) is 1. The maximum Gasteiger partial charge on any atom is 0.224 e. The van der Waals surface area contributed by atoms with Crippen molar-refractivity contribution in [2.75, 3.05) is 13.1 Å². The Bertz CT molecular complexity index is 742. The molecule has 1 aliphatic heterocycles. The van der Waals surface area contributed by atoms with Gasteiger partial charge in [-0.05, 0) is 56.0 Å². The Morgan fingerprint density at radius 1 is 1.19 bits per heavy atom. The van der Waals surface area contributed by atoms with E-state index in [9.17, 15) is 9.18 Å². The Hall–Kier alpha value is -2.20. The standard InChI is InChI=1S/C23H29FN2O/c1-3-22(19-10-6-17(2)7-11-19)25-23(27)20-5-4-14-26(16-20)15-18-8-12-21(24)13-9-18/h6-13,20,22H,3-5,14-16H2,1-2H3,(H,25,27). The van der Waals surface area contributed by atoms with E-state index in [1.165, 1.54) is 17.7 Å². The number of carbonyl (C=O) groups is 1. The summed E-state index contributed by atoms with van der Waals surface area (Å²) in [4.78, 5) is 15.2. The molecule has 1 aliphatic rings. The van der Waals surface area contributed by atoms with Crippen molar-refractivity contribution in [3.05, 3.63) is 71.0 Å². The minimum Gasteiger partial charge on any atom is -0.349 e. The van der Waals surface area contributed by atoms with Crippen molar-refractivity contribution in [2.45, 2.75) is 45.7 Å². The Morgan fingerprint density at radius 3 is 2.56 bits per heavy atom. The lowest BCUT2D eigenvalue weighted by molar-refractivity contribution is -0.127. The van der Waals surface area contributed by atoms with Crippen molar-refractivity contribution in [3.63, 3.8) is 0 Å². The number of likely N-dealkylation sites (tertiary alicyclic amines) is 1. The van der Waals surface area contributed by atoms with Crippen molar-refractivity contribution in [3.8, 4) is 0 Å². The number of carbonyl (C=O) groups excluding carboxylic acids is 1. The minimum atomic E-state index is -0.212. The summed E-state index contributed by atoms with van der Waals surface area (Å²) in [5.41, 5.74) is 3.47. The average molecular weight is 368 g/mol. The molecule has 0 radical (unpaired) electrons. The zero-order chi connectivity index (χ0) is 19.2. The lowest BCUT2D eigenvalue weighted by Crippen LogP contribution is -2.43. The maximum absolute atomic E-state index is 13.1. The van der Waals surface area contributed by atoms with Crippen LogP contribution in [0.1, 0.15) is 48.9 Å². The molecule has 2 aromatic carbocycles. The van der Waals surface area contributed by atoms with Crippen molar-refractivity contribution in [1.29, 1.82) is 0 Å². The van der Waals surface area contributed by atoms with Crippen molar-refractivity contribution in [2.24, 2.45) is 5.92 Å². The Kier molecular flexibility index (Phi) is 6.62. The highest BCUT2D eigenvalue weighted by atomic mass is 19.1. The van der Waals surface area contributed by atoms with E-state index >= 15 is 0 Å². The number of rotatable bonds is 6. The zero-order valence-corrected chi connectivity index (χ0v) is 16.2. The fourth-order valence-electron chi connectivity index (χ4n) is 3.77. The predicted molar refractivity (Wildman–Crippen MR) is 107 cm³/mol. The second-order valence-electron chi connectivity index (χ2n) is 7.58. The molecule has 2 aromatic rings. The SMILES string of the molecule is CCC(NC(=O)C1CCCN(Cc2ccc(F)cc2)C1)c1ccc(C)cc1. The Morgan fingerprint density at radius 2 is 1.89 bits per heavy atom. The lowest BCUT2D eigenvalue weighted by Gasteiger charge is -2.33. The van der Waals surface area contributed by atoms with Gasteiger partial charge in [-0.2, -0.15) is 0 Å². The third kappa shape index (κ3) is 5.39. The average Bonchev–Trinajstić information content (AvgIpc) is 2.69. The number of nitrogens with one attached hydrogen (secondary N) is 1. The molecule has 1 heterocycles. The number of hydrogen-bond acceptors (Lipinski definition) is 2. The number of amides is 1. The quantitative estimate of drug-likeness (QED) is 0.807. The topological polar surface area (TPSA) is 32.3 Å². The van der Waals surface area contributed by atoms with Gasteiger partial charge >= 0.3 is 0 Å². The summed E-state index contributed by atoms with van der Waals surface area (Å²) in [5.74, 6) is -0.0544. The molecule has 0 bridgehead atoms. The van der Waals surface area contributed by atoms with Gasteiger partial charge in [0.05, 0.1) is 12.0 Å². The molecule has 144 valence electrons. The molecule has 2 atom stereocenters. The van der Waals surface area contributed by atoms with E-state index in [-0.39, 0.29) is 23.7 Å². The molecule has 0 aromatic heterocycles. The van der Waals surface area contributed by atoms with Crippen LogP contribution >= 0.6 is 0 Å².